The Morgan fingerprint density at radius 2 is 1.48 bits per heavy atom. The Kier molecular flexibility index (Phi) is 12.0. The van der Waals surface area contributed by atoms with Gasteiger partial charge in [0.1, 0.15) is 6.11 Å². The SMILES string of the molecule is C#CC#COC(=O)C(C)(CC(C)(C)C(=O)O)CC(C)(C)C(=O)OC.CCN(C)C.[HH].[HH]. The van der Waals surface area contributed by atoms with Crippen LogP contribution in [0, 0.1) is 40.6 Å². The molecular formula is C22H39NO6. The number of nitrogens with zero attached hydrogens (tertiary/aromatic N) is 1. The van der Waals surface area contributed by atoms with Crippen molar-refractivity contribution in [2.24, 2.45) is 16.2 Å². The maximum absolute atomic E-state index is 12.5. The third-order valence-electron chi connectivity index (χ3n) is 4.37. The van der Waals surface area contributed by atoms with Crippen molar-refractivity contribution in [3.8, 4) is 24.4 Å². The number of hydrogen-bond donors (Lipinski definition) is 1. The van der Waals surface area contributed by atoms with E-state index in [1.807, 2.05) is 5.92 Å². The second-order valence-corrected chi connectivity index (χ2v) is 8.64. The summed E-state index contributed by atoms with van der Waals surface area (Å²) in [5, 5.41) is 9.36. The highest BCUT2D eigenvalue weighted by Crippen LogP contribution is 2.43. The first kappa shape index (κ1) is 28.7. The third kappa shape index (κ3) is 10.6. The van der Waals surface area contributed by atoms with E-state index < -0.39 is 34.2 Å². The maximum Gasteiger partial charge on any atom is 0.325 e. The van der Waals surface area contributed by atoms with Crippen LogP contribution in [0.4, 0.5) is 0 Å². The monoisotopic (exact) mass is 413 g/mol. The quantitative estimate of drug-likeness (QED) is 0.482. The average Bonchev–Trinajstić information content (AvgIpc) is 2.60. The average molecular weight is 414 g/mol. The van der Waals surface area contributed by atoms with Gasteiger partial charge in [0.25, 0.3) is 0 Å². The highest BCUT2D eigenvalue weighted by molar-refractivity contribution is 5.82. The number of rotatable bonds is 8. The molecule has 0 bridgehead atoms. The van der Waals surface area contributed by atoms with Crippen LogP contribution in [0.5, 0.6) is 0 Å². The minimum atomic E-state index is -1.27. The van der Waals surface area contributed by atoms with Crippen molar-refractivity contribution in [2.45, 2.75) is 54.4 Å². The number of hydrogen-bond acceptors (Lipinski definition) is 6. The molecule has 1 N–H and O–H groups in total. The number of esters is 2. The van der Waals surface area contributed by atoms with Gasteiger partial charge in [-0.3, -0.25) is 14.4 Å². The lowest BCUT2D eigenvalue weighted by atomic mass is 9.66. The smallest absolute Gasteiger partial charge is 0.325 e. The summed E-state index contributed by atoms with van der Waals surface area (Å²) in [6.45, 7) is 11.0. The molecular weight excluding hydrogens is 374 g/mol. The van der Waals surface area contributed by atoms with Crippen LogP contribution in [0.15, 0.2) is 0 Å². The summed E-state index contributed by atoms with van der Waals surface area (Å²) in [5.41, 5.74) is -3.50. The number of carboxylic acids is 1. The Hall–Kier alpha value is -2.51. The van der Waals surface area contributed by atoms with Gasteiger partial charge in [0.15, 0.2) is 0 Å². The molecule has 0 radical (unpaired) electrons. The van der Waals surface area contributed by atoms with Crippen LogP contribution in [0.1, 0.15) is 57.2 Å². The zero-order chi connectivity index (χ0) is 23.5. The molecule has 0 rings (SSSR count). The van der Waals surface area contributed by atoms with Gasteiger partial charge in [-0.25, -0.2) is 0 Å². The van der Waals surface area contributed by atoms with Gasteiger partial charge in [0, 0.05) is 8.77 Å². The van der Waals surface area contributed by atoms with Crippen molar-refractivity contribution in [3.63, 3.8) is 0 Å². The van der Waals surface area contributed by atoms with Crippen LogP contribution in [-0.4, -0.2) is 55.7 Å². The highest BCUT2D eigenvalue weighted by atomic mass is 16.5. The zero-order valence-electron chi connectivity index (χ0n) is 19.1. The molecule has 0 aliphatic carbocycles. The predicted octanol–water partition coefficient (Wildman–Crippen LogP) is 3.28. The standard InChI is InChI=1S/C18H24O6.C4H11N.2H2/c1-8-9-10-24-15(22)18(6,11-16(2,3)13(19)20)12-17(4,5)14(21)23-7;1-4-5(2)3;;/h1H,11-12H2,2-7H3,(H,19,20);4H2,1-3H3;2*1H. The van der Waals surface area contributed by atoms with Crippen LogP contribution in [0.25, 0.3) is 0 Å². The summed E-state index contributed by atoms with van der Waals surface area (Å²) >= 11 is 0. The molecule has 0 aromatic rings. The van der Waals surface area contributed by atoms with E-state index in [0.717, 1.165) is 6.54 Å². The molecule has 29 heavy (non-hydrogen) atoms. The van der Waals surface area contributed by atoms with E-state index in [9.17, 15) is 19.5 Å². The first-order valence-corrected chi connectivity index (χ1v) is 9.23. The van der Waals surface area contributed by atoms with E-state index in [1.165, 1.54) is 21.0 Å². The number of carbonyl (C=O) groups is 3. The molecule has 168 valence electrons. The van der Waals surface area contributed by atoms with Gasteiger partial charge < -0.3 is 19.5 Å². The van der Waals surface area contributed by atoms with Crippen molar-refractivity contribution in [1.29, 1.82) is 0 Å². The molecule has 1 atom stereocenters. The van der Waals surface area contributed by atoms with E-state index >= 15 is 0 Å². The van der Waals surface area contributed by atoms with Gasteiger partial charge in [-0.2, -0.15) is 0 Å². The molecule has 0 aliphatic rings. The van der Waals surface area contributed by atoms with E-state index in [4.69, 9.17) is 15.9 Å². The van der Waals surface area contributed by atoms with Crippen LogP contribution in [0.3, 0.4) is 0 Å². The highest BCUT2D eigenvalue weighted by Gasteiger charge is 2.48. The molecule has 0 saturated heterocycles. The number of carbonyl (C=O) groups excluding carboxylic acids is 2. The summed E-state index contributed by atoms with van der Waals surface area (Å²) in [4.78, 5) is 38.0. The predicted molar refractivity (Wildman–Crippen MR) is 116 cm³/mol. The Bertz CT molecular complexity index is 686. The number of carboxylic acid groups (broad SMARTS) is 1. The van der Waals surface area contributed by atoms with Gasteiger partial charge in [-0.05, 0) is 74.0 Å². The molecule has 0 aliphatic heterocycles. The van der Waals surface area contributed by atoms with Crippen molar-refractivity contribution < 1.29 is 31.8 Å². The first-order chi connectivity index (χ1) is 13.1. The maximum atomic E-state index is 12.5. The van der Waals surface area contributed by atoms with Crippen LogP contribution < -0.4 is 0 Å². The fourth-order valence-electron chi connectivity index (χ4n) is 2.81. The summed E-state index contributed by atoms with van der Waals surface area (Å²) in [6, 6.07) is 0. The molecule has 0 fully saturated rings. The fourth-order valence-corrected chi connectivity index (χ4v) is 2.81. The molecule has 0 aromatic heterocycles. The number of ether oxygens (including phenoxy) is 2. The van der Waals surface area contributed by atoms with Crippen molar-refractivity contribution in [1.82, 2.24) is 4.90 Å². The van der Waals surface area contributed by atoms with Crippen molar-refractivity contribution >= 4 is 17.9 Å². The number of terminal acetylenes is 1. The molecule has 0 amide bonds. The van der Waals surface area contributed by atoms with E-state index in [0.29, 0.717) is 0 Å². The molecule has 0 aromatic carbocycles. The van der Waals surface area contributed by atoms with Crippen LogP contribution in [0.2, 0.25) is 0 Å². The van der Waals surface area contributed by atoms with Crippen LogP contribution in [-0.2, 0) is 23.9 Å². The summed E-state index contributed by atoms with van der Waals surface area (Å²) in [6.07, 6.45) is 7.03. The lowest BCUT2D eigenvalue weighted by Crippen LogP contribution is -2.42. The second kappa shape index (κ2) is 12.1. The molecule has 0 spiro atoms. The Morgan fingerprint density at radius 3 is 1.83 bits per heavy atom. The largest absolute Gasteiger partial charge is 0.481 e. The van der Waals surface area contributed by atoms with Gasteiger partial charge in [0.2, 0.25) is 0 Å². The fraction of sp³-hybridized carbons (Fsp3) is 0.682. The van der Waals surface area contributed by atoms with Gasteiger partial charge in [0.05, 0.1) is 23.4 Å². The molecule has 7 nitrogen and oxygen atoms in total. The number of aliphatic carboxylic acids is 1. The third-order valence-corrected chi connectivity index (χ3v) is 4.37. The van der Waals surface area contributed by atoms with Crippen molar-refractivity contribution in [3.05, 3.63) is 0 Å². The lowest BCUT2D eigenvalue weighted by Gasteiger charge is -2.37. The van der Waals surface area contributed by atoms with Gasteiger partial charge in [-0.1, -0.05) is 6.92 Å². The summed E-state index contributed by atoms with van der Waals surface area (Å²) < 4.78 is 9.60. The Balaban J connectivity index is -0.000000464. The lowest BCUT2D eigenvalue weighted by molar-refractivity contribution is -0.161. The summed E-state index contributed by atoms with van der Waals surface area (Å²) in [7, 11) is 5.36. The molecule has 7 heteroatoms. The van der Waals surface area contributed by atoms with Crippen molar-refractivity contribution in [2.75, 3.05) is 27.7 Å². The molecule has 1 unspecified atom stereocenters. The van der Waals surface area contributed by atoms with Gasteiger partial charge in [-0.15, -0.1) is 6.42 Å². The minimum absolute atomic E-state index is 0. The Labute approximate surface area is 178 Å². The Morgan fingerprint density at radius 1 is 1.03 bits per heavy atom. The molecule has 0 saturated carbocycles. The molecule has 0 heterocycles. The minimum Gasteiger partial charge on any atom is -0.481 e. The van der Waals surface area contributed by atoms with Crippen LogP contribution >= 0.6 is 0 Å². The van der Waals surface area contributed by atoms with E-state index in [-0.39, 0.29) is 15.7 Å². The second-order valence-electron chi connectivity index (χ2n) is 8.64. The van der Waals surface area contributed by atoms with E-state index in [2.05, 4.69) is 37.9 Å². The summed E-state index contributed by atoms with van der Waals surface area (Å²) in [5.74, 6) is 1.86. The topological polar surface area (TPSA) is 93.1 Å². The van der Waals surface area contributed by atoms with E-state index in [1.54, 1.807) is 20.8 Å². The normalized spacial score (nSPS) is 12.9. The van der Waals surface area contributed by atoms with Gasteiger partial charge >= 0.3 is 17.9 Å². The number of methoxy groups -OCH3 is 1. The first-order valence-electron chi connectivity index (χ1n) is 9.23. The zero-order valence-corrected chi connectivity index (χ0v) is 19.1.